The number of ether oxygens (including phenoxy) is 1. The molecule has 0 aliphatic rings. The van der Waals surface area contributed by atoms with E-state index in [1.807, 2.05) is 54.6 Å². The van der Waals surface area contributed by atoms with Gasteiger partial charge in [-0.2, -0.15) is 0 Å². The molecule has 3 heterocycles. The van der Waals surface area contributed by atoms with E-state index in [0.29, 0.717) is 17.4 Å². The summed E-state index contributed by atoms with van der Waals surface area (Å²) in [6, 6.07) is 17.0. The third kappa shape index (κ3) is 2.94. The zero-order chi connectivity index (χ0) is 17.1. The van der Waals surface area contributed by atoms with E-state index in [1.165, 1.54) is 4.80 Å². The lowest BCUT2D eigenvalue weighted by molar-refractivity contribution is 0.416. The summed E-state index contributed by atoms with van der Waals surface area (Å²) < 4.78 is 5.52. The van der Waals surface area contributed by atoms with Gasteiger partial charge in [-0.05, 0) is 41.6 Å². The summed E-state index contributed by atoms with van der Waals surface area (Å²) in [6.45, 7) is 0. The van der Waals surface area contributed by atoms with Gasteiger partial charge in [0.2, 0.25) is 5.82 Å². The van der Waals surface area contributed by atoms with Gasteiger partial charge < -0.3 is 4.74 Å². The molecule has 0 saturated carbocycles. The van der Waals surface area contributed by atoms with Crippen molar-refractivity contribution >= 4 is 0 Å². The van der Waals surface area contributed by atoms with Gasteiger partial charge in [0, 0.05) is 23.5 Å². The van der Waals surface area contributed by atoms with Crippen molar-refractivity contribution in [1.29, 1.82) is 0 Å². The molecule has 4 aromatic rings. The zero-order valence-electron chi connectivity index (χ0n) is 13.4. The maximum absolute atomic E-state index is 5.52. The summed E-state index contributed by atoms with van der Waals surface area (Å²) in [5.41, 5.74) is 2.55. The number of aromatic nitrogens is 6. The van der Waals surface area contributed by atoms with Crippen molar-refractivity contribution < 1.29 is 4.74 Å². The molecule has 0 unspecified atom stereocenters. The lowest BCUT2D eigenvalue weighted by Crippen LogP contribution is -2.00. The van der Waals surface area contributed by atoms with Crippen LogP contribution in [0.4, 0.5) is 0 Å². The minimum absolute atomic E-state index is 0.497. The third-order valence-corrected chi connectivity index (χ3v) is 3.67. The van der Waals surface area contributed by atoms with Crippen molar-refractivity contribution in [2.24, 2.45) is 0 Å². The van der Waals surface area contributed by atoms with E-state index in [9.17, 15) is 0 Å². The predicted molar refractivity (Wildman–Crippen MR) is 92.2 cm³/mol. The van der Waals surface area contributed by atoms with Crippen LogP contribution in [0.1, 0.15) is 0 Å². The summed E-state index contributed by atoms with van der Waals surface area (Å²) >= 11 is 0. The van der Waals surface area contributed by atoms with Gasteiger partial charge in [0.1, 0.15) is 5.75 Å². The highest BCUT2D eigenvalue weighted by Gasteiger charge is 2.13. The Kier molecular flexibility index (Phi) is 3.88. The van der Waals surface area contributed by atoms with Crippen molar-refractivity contribution in [1.82, 2.24) is 30.2 Å². The average molecular weight is 330 g/mol. The second kappa shape index (κ2) is 6.48. The number of tetrazole rings is 1. The number of hydrogen-bond acceptors (Lipinski definition) is 6. The van der Waals surface area contributed by atoms with Gasteiger partial charge in [0.25, 0.3) is 0 Å². The molecule has 122 valence electrons. The monoisotopic (exact) mass is 330 g/mol. The van der Waals surface area contributed by atoms with E-state index in [1.54, 1.807) is 19.5 Å². The fourth-order valence-electron chi connectivity index (χ4n) is 2.46. The molecule has 0 spiro atoms. The van der Waals surface area contributed by atoms with Crippen molar-refractivity contribution in [3.05, 3.63) is 67.0 Å². The standard InChI is InChI=1S/C18H14N6O/c1-25-16-12-13(8-9-14(16)15-6-2-4-10-19-15)18-21-23-24(22-18)17-7-3-5-11-20-17/h2-12H,1H3. The quantitative estimate of drug-likeness (QED) is 0.572. The van der Waals surface area contributed by atoms with Crippen molar-refractivity contribution in [3.8, 4) is 34.2 Å². The maximum atomic E-state index is 5.52. The first-order valence-corrected chi connectivity index (χ1v) is 7.66. The number of hydrogen-bond donors (Lipinski definition) is 0. The Bertz CT molecular complexity index is 985. The fourth-order valence-corrected chi connectivity index (χ4v) is 2.46. The van der Waals surface area contributed by atoms with Crippen LogP contribution < -0.4 is 4.74 Å². The van der Waals surface area contributed by atoms with Crippen molar-refractivity contribution in [2.45, 2.75) is 0 Å². The molecule has 0 bridgehead atoms. The normalized spacial score (nSPS) is 10.6. The molecule has 0 saturated heterocycles. The molecule has 0 radical (unpaired) electrons. The van der Waals surface area contributed by atoms with Gasteiger partial charge >= 0.3 is 0 Å². The SMILES string of the molecule is COc1cc(-c2nnn(-c3ccccn3)n2)ccc1-c1ccccn1. The zero-order valence-corrected chi connectivity index (χ0v) is 13.4. The van der Waals surface area contributed by atoms with E-state index < -0.39 is 0 Å². The van der Waals surface area contributed by atoms with Crippen LogP contribution in [0.2, 0.25) is 0 Å². The summed E-state index contributed by atoms with van der Waals surface area (Å²) in [5, 5.41) is 12.6. The molecule has 7 nitrogen and oxygen atoms in total. The molecule has 0 N–H and O–H groups in total. The largest absolute Gasteiger partial charge is 0.496 e. The van der Waals surface area contributed by atoms with Gasteiger partial charge in [-0.25, -0.2) is 4.98 Å². The Morgan fingerprint density at radius 2 is 1.76 bits per heavy atom. The van der Waals surface area contributed by atoms with Crippen molar-refractivity contribution in [3.63, 3.8) is 0 Å². The topological polar surface area (TPSA) is 78.6 Å². The Hall–Kier alpha value is -3.61. The molecule has 4 rings (SSSR count). The molecule has 7 heteroatoms. The van der Waals surface area contributed by atoms with E-state index in [-0.39, 0.29) is 0 Å². The molecule has 0 aliphatic carbocycles. The van der Waals surface area contributed by atoms with Gasteiger partial charge in [-0.3, -0.25) is 4.98 Å². The molecule has 25 heavy (non-hydrogen) atoms. The molecular weight excluding hydrogens is 316 g/mol. The fraction of sp³-hybridized carbons (Fsp3) is 0.0556. The highest BCUT2D eigenvalue weighted by Crippen LogP contribution is 2.31. The van der Waals surface area contributed by atoms with E-state index in [2.05, 4.69) is 25.4 Å². The van der Waals surface area contributed by atoms with Gasteiger partial charge in [0.15, 0.2) is 5.82 Å². The summed E-state index contributed by atoms with van der Waals surface area (Å²) in [7, 11) is 1.63. The van der Waals surface area contributed by atoms with Crippen LogP contribution >= 0.6 is 0 Å². The van der Waals surface area contributed by atoms with Crippen LogP contribution in [0.25, 0.3) is 28.5 Å². The Morgan fingerprint density at radius 1 is 0.920 bits per heavy atom. The smallest absolute Gasteiger partial charge is 0.205 e. The highest BCUT2D eigenvalue weighted by molar-refractivity contribution is 5.72. The summed E-state index contributed by atoms with van der Waals surface area (Å²) in [6.07, 6.45) is 3.44. The maximum Gasteiger partial charge on any atom is 0.205 e. The molecule has 0 aliphatic heterocycles. The summed E-state index contributed by atoms with van der Waals surface area (Å²) in [4.78, 5) is 9.97. The lowest BCUT2D eigenvalue weighted by Gasteiger charge is -2.08. The Morgan fingerprint density at radius 3 is 2.48 bits per heavy atom. The summed E-state index contributed by atoms with van der Waals surface area (Å²) in [5.74, 6) is 1.81. The van der Waals surface area contributed by atoms with Gasteiger partial charge in [0.05, 0.1) is 12.8 Å². The van der Waals surface area contributed by atoms with Crippen LogP contribution in [-0.2, 0) is 0 Å². The first-order valence-electron chi connectivity index (χ1n) is 7.66. The first-order chi connectivity index (χ1) is 12.3. The molecular formula is C18H14N6O. The van der Waals surface area contributed by atoms with Crippen LogP contribution in [-0.4, -0.2) is 37.3 Å². The average Bonchev–Trinajstić information content (AvgIpc) is 3.19. The first kappa shape index (κ1) is 14.9. The van der Waals surface area contributed by atoms with Crippen molar-refractivity contribution in [2.75, 3.05) is 7.11 Å². The molecule has 1 aromatic carbocycles. The molecule has 3 aromatic heterocycles. The number of nitrogens with zero attached hydrogens (tertiary/aromatic N) is 6. The number of pyridine rings is 2. The second-order valence-corrected chi connectivity index (χ2v) is 5.22. The second-order valence-electron chi connectivity index (χ2n) is 5.22. The molecule has 0 amide bonds. The highest BCUT2D eigenvalue weighted by atomic mass is 16.5. The molecule has 0 fully saturated rings. The van der Waals surface area contributed by atoms with Crippen LogP contribution in [0.5, 0.6) is 5.75 Å². The number of benzene rings is 1. The predicted octanol–water partition coefficient (Wildman–Crippen LogP) is 2.79. The van der Waals surface area contributed by atoms with E-state index >= 15 is 0 Å². The molecule has 0 atom stereocenters. The van der Waals surface area contributed by atoms with E-state index in [0.717, 1.165) is 16.8 Å². The van der Waals surface area contributed by atoms with Crippen LogP contribution in [0.15, 0.2) is 67.0 Å². The minimum atomic E-state index is 0.497. The number of rotatable bonds is 4. The number of methoxy groups -OCH3 is 1. The van der Waals surface area contributed by atoms with Crippen LogP contribution in [0.3, 0.4) is 0 Å². The van der Waals surface area contributed by atoms with Gasteiger partial charge in [-0.1, -0.05) is 18.2 Å². The van der Waals surface area contributed by atoms with Crippen LogP contribution in [0, 0.1) is 0 Å². The van der Waals surface area contributed by atoms with E-state index in [4.69, 9.17) is 4.74 Å². The van der Waals surface area contributed by atoms with Gasteiger partial charge in [-0.15, -0.1) is 15.0 Å². The minimum Gasteiger partial charge on any atom is -0.496 e. The lowest BCUT2D eigenvalue weighted by atomic mass is 10.1. The third-order valence-electron chi connectivity index (χ3n) is 3.67. The Balaban J connectivity index is 1.71. The Labute approximate surface area is 144 Å².